The third-order valence-electron chi connectivity index (χ3n) is 2.56. The number of aromatic nitrogens is 1. The Morgan fingerprint density at radius 2 is 1.86 bits per heavy atom. The third kappa shape index (κ3) is 4.04. The summed E-state index contributed by atoms with van der Waals surface area (Å²) in [6, 6.07) is 10.2. The highest BCUT2D eigenvalue weighted by Gasteiger charge is 2.15. The van der Waals surface area contributed by atoms with Gasteiger partial charge in [0.05, 0.1) is 24.2 Å². The first-order valence-corrected chi connectivity index (χ1v) is 6.45. The number of carbonyl (C=O) groups excluding carboxylic acids is 2. The van der Waals surface area contributed by atoms with Crippen LogP contribution in [-0.2, 0) is 9.59 Å². The molecule has 1 aromatic carbocycles. The van der Waals surface area contributed by atoms with Gasteiger partial charge in [0.2, 0.25) is 0 Å². The molecule has 6 nitrogen and oxygen atoms in total. The predicted molar refractivity (Wildman–Crippen MR) is 79.1 cm³/mol. The van der Waals surface area contributed by atoms with Gasteiger partial charge in [0.15, 0.2) is 0 Å². The van der Waals surface area contributed by atoms with Gasteiger partial charge in [0.1, 0.15) is 5.75 Å². The summed E-state index contributed by atoms with van der Waals surface area (Å²) in [6.45, 7) is 2.31. The highest BCUT2D eigenvalue weighted by atomic mass is 16.5. The number of hydrogen-bond acceptors (Lipinski definition) is 4. The van der Waals surface area contributed by atoms with Crippen LogP contribution in [0.1, 0.15) is 6.92 Å². The Hall–Kier alpha value is -2.89. The van der Waals surface area contributed by atoms with Crippen molar-refractivity contribution in [2.45, 2.75) is 6.92 Å². The zero-order chi connectivity index (χ0) is 15.1. The number of nitrogens with one attached hydrogen (secondary N) is 2. The van der Waals surface area contributed by atoms with Crippen LogP contribution in [0.2, 0.25) is 0 Å². The number of para-hydroxylation sites is 2. The van der Waals surface area contributed by atoms with E-state index in [2.05, 4.69) is 15.6 Å². The molecule has 2 amide bonds. The van der Waals surface area contributed by atoms with Crippen molar-refractivity contribution in [3.05, 3.63) is 48.8 Å². The second-order valence-electron chi connectivity index (χ2n) is 4.08. The van der Waals surface area contributed by atoms with Gasteiger partial charge in [0.25, 0.3) is 0 Å². The SMILES string of the molecule is CCOc1ccccc1NC(=O)C(=O)Nc1cccnc1. The van der Waals surface area contributed by atoms with Gasteiger partial charge in [-0.05, 0) is 31.2 Å². The van der Waals surface area contributed by atoms with E-state index < -0.39 is 11.8 Å². The van der Waals surface area contributed by atoms with Crippen LogP contribution < -0.4 is 15.4 Å². The van der Waals surface area contributed by atoms with Crippen molar-refractivity contribution in [2.24, 2.45) is 0 Å². The molecule has 108 valence electrons. The van der Waals surface area contributed by atoms with Crippen molar-refractivity contribution in [1.82, 2.24) is 4.98 Å². The fourth-order valence-electron chi connectivity index (χ4n) is 1.65. The Morgan fingerprint density at radius 1 is 1.10 bits per heavy atom. The van der Waals surface area contributed by atoms with Gasteiger partial charge in [-0.2, -0.15) is 0 Å². The monoisotopic (exact) mass is 285 g/mol. The smallest absolute Gasteiger partial charge is 0.314 e. The van der Waals surface area contributed by atoms with Gasteiger partial charge in [-0.15, -0.1) is 0 Å². The van der Waals surface area contributed by atoms with E-state index in [1.807, 2.05) is 6.92 Å². The lowest BCUT2D eigenvalue weighted by Gasteiger charge is -2.11. The summed E-state index contributed by atoms with van der Waals surface area (Å²) in [5.74, 6) is -1.03. The van der Waals surface area contributed by atoms with Crippen LogP contribution >= 0.6 is 0 Å². The minimum Gasteiger partial charge on any atom is -0.492 e. The maximum atomic E-state index is 11.9. The molecule has 0 saturated heterocycles. The number of amides is 2. The molecule has 1 heterocycles. The van der Waals surface area contributed by atoms with Gasteiger partial charge in [0, 0.05) is 6.20 Å². The van der Waals surface area contributed by atoms with Crippen molar-refractivity contribution >= 4 is 23.2 Å². The molecule has 0 radical (unpaired) electrons. The summed E-state index contributed by atoms with van der Waals surface area (Å²) in [7, 11) is 0. The average Bonchev–Trinajstić information content (AvgIpc) is 2.50. The van der Waals surface area contributed by atoms with Crippen LogP contribution in [0.3, 0.4) is 0 Å². The fourth-order valence-corrected chi connectivity index (χ4v) is 1.65. The number of pyridine rings is 1. The van der Waals surface area contributed by atoms with E-state index in [0.29, 0.717) is 23.7 Å². The molecule has 0 bridgehead atoms. The molecule has 2 rings (SSSR count). The minimum absolute atomic E-state index is 0.450. The Kier molecular flexibility index (Phi) is 4.87. The quantitative estimate of drug-likeness (QED) is 0.843. The minimum atomic E-state index is -0.772. The molecule has 0 unspecified atom stereocenters. The maximum Gasteiger partial charge on any atom is 0.314 e. The molecule has 2 N–H and O–H groups in total. The lowest BCUT2D eigenvalue weighted by Crippen LogP contribution is -2.29. The normalized spacial score (nSPS) is 9.76. The molecule has 0 aliphatic carbocycles. The number of anilines is 2. The molecule has 0 fully saturated rings. The summed E-state index contributed by atoms with van der Waals surface area (Å²) in [6.07, 6.45) is 3.04. The highest BCUT2D eigenvalue weighted by molar-refractivity contribution is 6.43. The second kappa shape index (κ2) is 7.04. The molecule has 0 saturated carbocycles. The van der Waals surface area contributed by atoms with Gasteiger partial charge in [-0.3, -0.25) is 14.6 Å². The lowest BCUT2D eigenvalue weighted by molar-refractivity contribution is -0.133. The molecule has 2 aromatic rings. The average molecular weight is 285 g/mol. The Morgan fingerprint density at radius 3 is 2.57 bits per heavy atom. The molecule has 0 aliphatic heterocycles. The highest BCUT2D eigenvalue weighted by Crippen LogP contribution is 2.23. The number of hydrogen-bond donors (Lipinski definition) is 2. The van der Waals surface area contributed by atoms with E-state index in [0.717, 1.165) is 0 Å². The van der Waals surface area contributed by atoms with E-state index in [4.69, 9.17) is 4.74 Å². The van der Waals surface area contributed by atoms with Crippen LogP contribution in [0, 0.1) is 0 Å². The fraction of sp³-hybridized carbons (Fsp3) is 0.133. The number of nitrogens with zero attached hydrogens (tertiary/aromatic N) is 1. The summed E-state index contributed by atoms with van der Waals surface area (Å²) in [5, 5.41) is 4.98. The number of carbonyl (C=O) groups is 2. The first kappa shape index (κ1) is 14.5. The molecular formula is C15H15N3O3. The van der Waals surface area contributed by atoms with Crippen molar-refractivity contribution < 1.29 is 14.3 Å². The van der Waals surface area contributed by atoms with Crippen molar-refractivity contribution in [3.63, 3.8) is 0 Å². The van der Waals surface area contributed by atoms with Gasteiger partial charge in [-0.1, -0.05) is 12.1 Å². The van der Waals surface area contributed by atoms with Crippen molar-refractivity contribution in [3.8, 4) is 5.75 Å². The van der Waals surface area contributed by atoms with Crippen LogP contribution in [0.15, 0.2) is 48.8 Å². The lowest BCUT2D eigenvalue weighted by atomic mass is 10.3. The first-order chi connectivity index (χ1) is 10.2. The molecule has 0 aliphatic rings. The standard InChI is InChI=1S/C15H15N3O3/c1-2-21-13-8-4-3-7-12(13)18-15(20)14(19)17-11-6-5-9-16-10-11/h3-10H,2H2,1H3,(H,17,19)(H,18,20). The van der Waals surface area contributed by atoms with Crippen LogP contribution in [0.25, 0.3) is 0 Å². The summed E-state index contributed by atoms with van der Waals surface area (Å²) in [4.78, 5) is 27.5. The third-order valence-corrected chi connectivity index (χ3v) is 2.56. The zero-order valence-electron chi connectivity index (χ0n) is 11.5. The van der Waals surface area contributed by atoms with E-state index in [1.165, 1.54) is 6.20 Å². The van der Waals surface area contributed by atoms with Crippen molar-refractivity contribution in [1.29, 1.82) is 0 Å². The van der Waals surface area contributed by atoms with E-state index in [-0.39, 0.29) is 0 Å². The zero-order valence-corrected chi connectivity index (χ0v) is 11.5. The summed E-state index contributed by atoms with van der Waals surface area (Å²) in [5.41, 5.74) is 0.904. The Balaban J connectivity index is 2.03. The van der Waals surface area contributed by atoms with E-state index in [1.54, 1.807) is 42.6 Å². The summed E-state index contributed by atoms with van der Waals surface area (Å²) >= 11 is 0. The maximum absolute atomic E-state index is 11.9. The molecular weight excluding hydrogens is 270 g/mol. The Bertz CT molecular complexity index is 629. The van der Waals surface area contributed by atoms with Gasteiger partial charge >= 0.3 is 11.8 Å². The molecule has 0 spiro atoms. The number of benzene rings is 1. The molecule has 1 aromatic heterocycles. The topological polar surface area (TPSA) is 80.3 Å². The molecule has 6 heteroatoms. The Labute approximate surface area is 122 Å². The van der Waals surface area contributed by atoms with Crippen molar-refractivity contribution in [2.75, 3.05) is 17.2 Å². The van der Waals surface area contributed by atoms with E-state index >= 15 is 0 Å². The van der Waals surface area contributed by atoms with Gasteiger partial charge < -0.3 is 15.4 Å². The largest absolute Gasteiger partial charge is 0.492 e. The van der Waals surface area contributed by atoms with Crippen LogP contribution in [-0.4, -0.2) is 23.4 Å². The molecule has 21 heavy (non-hydrogen) atoms. The molecule has 0 atom stereocenters. The number of ether oxygens (including phenoxy) is 1. The first-order valence-electron chi connectivity index (χ1n) is 6.45. The van der Waals surface area contributed by atoms with E-state index in [9.17, 15) is 9.59 Å². The van der Waals surface area contributed by atoms with Gasteiger partial charge in [-0.25, -0.2) is 0 Å². The van der Waals surface area contributed by atoms with Crippen LogP contribution in [0.5, 0.6) is 5.75 Å². The number of rotatable bonds is 4. The van der Waals surface area contributed by atoms with Crippen LogP contribution in [0.4, 0.5) is 11.4 Å². The summed E-state index contributed by atoms with van der Waals surface area (Å²) < 4.78 is 5.38. The second-order valence-corrected chi connectivity index (χ2v) is 4.08. The predicted octanol–water partition coefficient (Wildman–Crippen LogP) is 2.06.